The molecule has 0 atom stereocenters. The number of benzene rings is 3. The number of carbonyl (C=O) groups excluding carboxylic acids is 1. The number of sulfonamides is 1. The second-order valence-electron chi connectivity index (χ2n) is 7.13. The second-order valence-corrected chi connectivity index (χ2v) is 9.85. The highest BCUT2D eigenvalue weighted by Gasteiger charge is 2.28. The van der Waals surface area contributed by atoms with Gasteiger partial charge in [0.15, 0.2) is 11.5 Å². The SMILES string of the molecule is Cc1ccccc1N(CC(=O)N/N=C/c1cc2c(cc1Br)OCO2)S(=O)(=O)c1ccccc1. The van der Waals surface area contributed by atoms with Gasteiger partial charge >= 0.3 is 0 Å². The van der Waals surface area contributed by atoms with Crippen LogP contribution in [0.2, 0.25) is 0 Å². The number of aryl methyl sites for hydroxylation is 1. The molecule has 1 heterocycles. The van der Waals surface area contributed by atoms with Crippen LogP contribution < -0.4 is 19.2 Å². The van der Waals surface area contributed by atoms with Gasteiger partial charge < -0.3 is 9.47 Å². The van der Waals surface area contributed by atoms with Crippen LogP contribution in [0.25, 0.3) is 0 Å². The quantitative estimate of drug-likeness (QED) is 0.370. The number of hydrogen-bond acceptors (Lipinski definition) is 6. The van der Waals surface area contributed by atoms with Crippen molar-refractivity contribution in [2.75, 3.05) is 17.6 Å². The highest BCUT2D eigenvalue weighted by Crippen LogP contribution is 2.36. The predicted octanol–water partition coefficient (Wildman–Crippen LogP) is 3.83. The summed E-state index contributed by atoms with van der Waals surface area (Å²) in [4.78, 5) is 12.8. The number of halogens is 1. The standard InChI is InChI=1S/C23H20BrN3O5S/c1-16-7-5-6-10-20(16)27(33(29,30)18-8-3-2-4-9-18)14-23(28)26-25-13-17-11-21-22(12-19(17)24)32-15-31-21/h2-13H,14-15H2,1H3,(H,26,28)/b25-13+. The van der Waals surface area contributed by atoms with Crippen LogP contribution >= 0.6 is 15.9 Å². The molecule has 1 N–H and O–H groups in total. The highest BCUT2D eigenvalue weighted by molar-refractivity contribution is 9.10. The Morgan fingerprint density at radius 1 is 1.09 bits per heavy atom. The number of rotatable bonds is 7. The van der Waals surface area contributed by atoms with Crippen LogP contribution in [0.5, 0.6) is 11.5 Å². The minimum Gasteiger partial charge on any atom is -0.454 e. The van der Waals surface area contributed by atoms with Gasteiger partial charge in [0, 0.05) is 10.0 Å². The summed E-state index contributed by atoms with van der Waals surface area (Å²) in [5.74, 6) is 0.597. The monoisotopic (exact) mass is 529 g/mol. The zero-order chi connectivity index (χ0) is 23.4. The van der Waals surface area contributed by atoms with Gasteiger partial charge in [0.25, 0.3) is 15.9 Å². The zero-order valence-corrected chi connectivity index (χ0v) is 20.0. The molecule has 0 spiro atoms. The van der Waals surface area contributed by atoms with Gasteiger partial charge in [0.2, 0.25) is 6.79 Å². The molecule has 0 fully saturated rings. The van der Waals surface area contributed by atoms with Gasteiger partial charge in [-0.05, 0) is 58.7 Å². The van der Waals surface area contributed by atoms with E-state index >= 15 is 0 Å². The van der Waals surface area contributed by atoms with E-state index in [0.29, 0.717) is 27.2 Å². The van der Waals surface area contributed by atoms with Crippen LogP contribution in [0.4, 0.5) is 5.69 Å². The number of hydrazone groups is 1. The Bertz CT molecular complexity index is 1310. The summed E-state index contributed by atoms with van der Waals surface area (Å²) in [6.45, 7) is 1.49. The lowest BCUT2D eigenvalue weighted by Crippen LogP contribution is -2.40. The van der Waals surface area contributed by atoms with Crippen LogP contribution in [-0.2, 0) is 14.8 Å². The molecule has 0 aliphatic carbocycles. The first-order valence-electron chi connectivity index (χ1n) is 9.91. The average molecular weight is 530 g/mol. The minimum atomic E-state index is -3.98. The van der Waals surface area contributed by atoms with E-state index in [-0.39, 0.29) is 11.7 Å². The van der Waals surface area contributed by atoms with Gasteiger partial charge in [-0.15, -0.1) is 0 Å². The molecular weight excluding hydrogens is 510 g/mol. The molecule has 1 amide bonds. The predicted molar refractivity (Wildman–Crippen MR) is 128 cm³/mol. The number of nitrogens with zero attached hydrogens (tertiary/aromatic N) is 2. The summed E-state index contributed by atoms with van der Waals surface area (Å²) >= 11 is 3.42. The Balaban J connectivity index is 1.55. The normalized spacial score (nSPS) is 12.7. The van der Waals surface area contributed by atoms with Crippen molar-refractivity contribution in [3.63, 3.8) is 0 Å². The van der Waals surface area contributed by atoms with Crippen LogP contribution in [0, 0.1) is 6.92 Å². The topological polar surface area (TPSA) is 97.3 Å². The lowest BCUT2D eigenvalue weighted by atomic mass is 10.2. The molecule has 170 valence electrons. The fourth-order valence-electron chi connectivity index (χ4n) is 3.23. The number of fused-ring (bicyclic) bond motifs is 1. The van der Waals surface area contributed by atoms with E-state index in [4.69, 9.17) is 9.47 Å². The van der Waals surface area contributed by atoms with Gasteiger partial charge in [-0.25, -0.2) is 13.8 Å². The Morgan fingerprint density at radius 3 is 2.48 bits per heavy atom. The van der Waals surface area contributed by atoms with Crippen molar-refractivity contribution in [1.29, 1.82) is 0 Å². The summed E-state index contributed by atoms with van der Waals surface area (Å²) < 4.78 is 39.1. The average Bonchev–Trinajstić information content (AvgIpc) is 3.26. The first-order chi connectivity index (χ1) is 15.9. The van der Waals surface area contributed by atoms with Gasteiger partial charge in [-0.3, -0.25) is 9.10 Å². The molecule has 0 saturated carbocycles. The molecule has 8 nitrogen and oxygen atoms in total. The molecule has 0 bridgehead atoms. The fourth-order valence-corrected chi connectivity index (χ4v) is 5.17. The van der Waals surface area contributed by atoms with Crippen LogP contribution in [0.15, 0.2) is 81.2 Å². The third-order valence-electron chi connectivity index (χ3n) is 4.89. The third kappa shape index (κ3) is 5.01. The van der Waals surface area contributed by atoms with Crippen molar-refractivity contribution in [2.45, 2.75) is 11.8 Å². The summed E-state index contributed by atoms with van der Waals surface area (Å²) in [6.07, 6.45) is 1.44. The molecule has 0 saturated heterocycles. The third-order valence-corrected chi connectivity index (χ3v) is 7.35. The Morgan fingerprint density at radius 2 is 1.76 bits per heavy atom. The molecule has 1 aliphatic heterocycles. The van der Waals surface area contributed by atoms with Crippen molar-refractivity contribution in [2.24, 2.45) is 5.10 Å². The molecule has 0 aromatic heterocycles. The van der Waals surface area contributed by atoms with Gasteiger partial charge in [0.05, 0.1) is 16.8 Å². The maximum absolute atomic E-state index is 13.3. The van der Waals surface area contributed by atoms with Gasteiger partial charge in [-0.1, -0.05) is 36.4 Å². The Hall–Kier alpha value is -3.37. The number of para-hydroxylation sites is 1. The summed E-state index contributed by atoms with van der Waals surface area (Å²) in [6, 6.07) is 18.4. The number of hydrogen-bond donors (Lipinski definition) is 1. The first-order valence-corrected chi connectivity index (χ1v) is 12.1. The van der Waals surface area contributed by atoms with Crippen molar-refractivity contribution < 1.29 is 22.7 Å². The van der Waals surface area contributed by atoms with E-state index in [1.807, 2.05) is 0 Å². The number of nitrogens with one attached hydrogen (secondary N) is 1. The molecule has 10 heteroatoms. The molecule has 3 aromatic carbocycles. The van der Waals surface area contributed by atoms with Gasteiger partial charge in [0.1, 0.15) is 6.54 Å². The van der Waals surface area contributed by atoms with Crippen molar-refractivity contribution in [1.82, 2.24) is 5.43 Å². The van der Waals surface area contributed by atoms with E-state index in [9.17, 15) is 13.2 Å². The van der Waals surface area contributed by atoms with Crippen LogP contribution in [-0.4, -0.2) is 33.9 Å². The lowest BCUT2D eigenvalue weighted by Gasteiger charge is -2.25. The number of anilines is 1. The van der Waals surface area contributed by atoms with Crippen molar-refractivity contribution >= 4 is 43.8 Å². The zero-order valence-electron chi connectivity index (χ0n) is 17.6. The highest BCUT2D eigenvalue weighted by atomic mass is 79.9. The first kappa shape index (κ1) is 22.8. The van der Waals surface area contributed by atoms with E-state index < -0.39 is 22.5 Å². The maximum Gasteiger partial charge on any atom is 0.264 e. The fraction of sp³-hybridized carbons (Fsp3) is 0.130. The second kappa shape index (κ2) is 9.63. The van der Waals surface area contributed by atoms with Crippen molar-refractivity contribution in [3.05, 3.63) is 82.3 Å². The Labute approximate surface area is 200 Å². The largest absolute Gasteiger partial charge is 0.454 e. The Kier molecular flexibility index (Phi) is 6.66. The van der Waals surface area contributed by atoms with E-state index in [0.717, 1.165) is 9.87 Å². The number of amides is 1. The molecular formula is C23H20BrN3O5S. The molecule has 3 aromatic rings. The molecule has 33 heavy (non-hydrogen) atoms. The summed E-state index contributed by atoms with van der Waals surface area (Å²) in [5, 5.41) is 3.98. The molecule has 0 unspecified atom stereocenters. The lowest BCUT2D eigenvalue weighted by molar-refractivity contribution is -0.119. The minimum absolute atomic E-state index is 0.0915. The van der Waals surface area contributed by atoms with E-state index in [1.165, 1.54) is 18.3 Å². The van der Waals surface area contributed by atoms with Crippen LogP contribution in [0.1, 0.15) is 11.1 Å². The molecule has 1 aliphatic rings. The maximum atomic E-state index is 13.3. The number of ether oxygens (including phenoxy) is 2. The van der Waals surface area contributed by atoms with E-state index in [2.05, 4.69) is 26.5 Å². The smallest absolute Gasteiger partial charge is 0.264 e. The number of carbonyl (C=O) groups is 1. The van der Waals surface area contributed by atoms with E-state index in [1.54, 1.807) is 61.5 Å². The molecule has 0 radical (unpaired) electrons. The summed E-state index contributed by atoms with van der Waals surface area (Å²) in [7, 11) is -3.98. The summed E-state index contributed by atoms with van der Waals surface area (Å²) in [5.41, 5.74) is 4.20. The van der Waals surface area contributed by atoms with Crippen LogP contribution in [0.3, 0.4) is 0 Å². The van der Waals surface area contributed by atoms with Gasteiger partial charge in [-0.2, -0.15) is 5.10 Å². The molecule has 4 rings (SSSR count). The van der Waals surface area contributed by atoms with Crippen molar-refractivity contribution in [3.8, 4) is 11.5 Å².